The first-order valence-electron chi connectivity index (χ1n) is 10.1. The standard InChI is InChI=1S/C23H25NO2S2Se/c25-20(14-8-7-13-19-15-16-27-28-19)24-21(17-9-3-1-4-10-17)22(26-23(24)29)18-11-5-2-6-12-18/h1-6,9-12,19,21-22H,7-8,13-16H2/t19?,21-,22+/m0/s1. The summed E-state index contributed by atoms with van der Waals surface area (Å²) in [5, 5.41) is 0.770. The average molecular weight is 491 g/mol. The molecule has 2 fully saturated rings. The Bertz CT molecular complexity index is 827. The quantitative estimate of drug-likeness (QED) is 0.299. The predicted molar refractivity (Wildman–Crippen MR) is 124 cm³/mol. The van der Waals surface area contributed by atoms with Crippen molar-refractivity contribution in [2.45, 2.75) is 49.5 Å². The molecular formula is C23H25NO2S2Se. The van der Waals surface area contributed by atoms with Gasteiger partial charge in [-0.25, -0.2) is 0 Å². The number of amides is 1. The maximum absolute atomic E-state index is 13.2. The van der Waals surface area contributed by atoms with Gasteiger partial charge in [0.2, 0.25) is 0 Å². The van der Waals surface area contributed by atoms with Crippen LogP contribution in [0.25, 0.3) is 0 Å². The van der Waals surface area contributed by atoms with Crippen molar-refractivity contribution in [1.29, 1.82) is 0 Å². The number of hydrogen-bond acceptors (Lipinski definition) is 4. The molecule has 2 aromatic carbocycles. The second kappa shape index (κ2) is 10.2. The number of ether oxygens (including phenoxy) is 1. The zero-order chi connectivity index (χ0) is 20.1. The van der Waals surface area contributed by atoms with Crippen molar-refractivity contribution >= 4 is 47.8 Å². The third-order valence-electron chi connectivity index (χ3n) is 5.42. The Labute approximate surface area is 188 Å². The molecule has 2 aliphatic rings. The van der Waals surface area contributed by atoms with E-state index in [0.29, 0.717) is 11.1 Å². The van der Waals surface area contributed by atoms with Gasteiger partial charge < -0.3 is 0 Å². The van der Waals surface area contributed by atoms with Gasteiger partial charge in [0, 0.05) is 0 Å². The van der Waals surface area contributed by atoms with Gasteiger partial charge in [0.25, 0.3) is 0 Å². The van der Waals surface area contributed by atoms with E-state index in [-0.39, 0.29) is 18.1 Å². The number of carbonyl (C=O) groups is 1. The number of hydrogen-bond donors (Lipinski definition) is 0. The van der Waals surface area contributed by atoms with Crippen molar-refractivity contribution in [1.82, 2.24) is 4.90 Å². The van der Waals surface area contributed by atoms with Gasteiger partial charge in [0.15, 0.2) is 0 Å². The van der Waals surface area contributed by atoms with Crippen LogP contribution in [0.15, 0.2) is 60.7 Å². The summed E-state index contributed by atoms with van der Waals surface area (Å²) < 4.78 is 6.78. The summed E-state index contributed by atoms with van der Waals surface area (Å²) in [6, 6.07) is 20.2. The molecule has 2 heterocycles. The Morgan fingerprint density at radius 1 is 1.03 bits per heavy atom. The Morgan fingerprint density at radius 2 is 1.72 bits per heavy atom. The first-order valence-corrected chi connectivity index (χ1v) is 13.4. The first-order chi connectivity index (χ1) is 14.2. The number of benzene rings is 2. The molecule has 152 valence electrons. The molecule has 2 saturated heterocycles. The molecule has 6 heteroatoms. The molecule has 0 N–H and O–H groups in total. The van der Waals surface area contributed by atoms with Crippen molar-refractivity contribution in [2.75, 3.05) is 5.75 Å². The van der Waals surface area contributed by atoms with Crippen molar-refractivity contribution in [3.8, 4) is 0 Å². The Balaban J connectivity index is 1.47. The summed E-state index contributed by atoms with van der Waals surface area (Å²) >= 11 is 3.00. The molecule has 29 heavy (non-hydrogen) atoms. The fourth-order valence-corrected chi connectivity index (χ4v) is 7.63. The molecule has 1 unspecified atom stereocenters. The fraction of sp³-hybridized carbons (Fsp3) is 0.391. The number of carbonyl (C=O) groups excluding carboxylic acids is 1. The second-order valence-electron chi connectivity index (χ2n) is 7.41. The molecule has 4 rings (SSSR count). The molecule has 0 spiro atoms. The minimum absolute atomic E-state index is 0.138. The van der Waals surface area contributed by atoms with Crippen LogP contribution in [-0.4, -0.2) is 42.1 Å². The van der Waals surface area contributed by atoms with Gasteiger partial charge in [-0.05, 0) is 0 Å². The summed E-state index contributed by atoms with van der Waals surface area (Å²) in [4.78, 5) is 15.0. The predicted octanol–water partition coefficient (Wildman–Crippen LogP) is 5.30. The zero-order valence-electron chi connectivity index (χ0n) is 16.2. The average Bonchev–Trinajstić information content (AvgIpc) is 3.40. The van der Waals surface area contributed by atoms with Crippen LogP contribution in [0.3, 0.4) is 0 Å². The van der Waals surface area contributed by atoms with E-state index in [9.17, 15) is 4.79 Å². The van der Waals surface area contributed by atoms with Gasteiger partial charge >= 0.3 is 189 Å². The van der Waals surface area contributed by atoms with Crippen LogP contribution in [-0.2, 0) is 9.53 Å². The molecule has 2 aliphatic heterocycles. The van der Waals surface area contributed by atoms with Crippen LogP contribution in [0.5, 0.6) is 0 Å². The summed E-state index contributed by atoms with van der Waals surface area (Å²) in [6.45, 7) is 0. The molecule has 0 radical (unpaired) electrons. The van der Waals surface area contributed by atoms with E-state index in [1.54, 1.807) is 0 Å². The van der Waals surface area contributed by atoms with Crippen molar-refractivity contribution < 1.29 is 9.53 Å². The molecule has 0 saturated carbocycles. The fourth-order valence-electron chi connectivity index (χ4n) is 3.94. The van der Waals surface area contributed by atoms with E-state index in [4.69, 9.17) is 4.74 Å². The van der Waals surface area contributed by atoms with E-state index in [1.165, 1.54) is 18.6 Å². The molecule has 2 aromatic rings. The van der Waals surface area contributed by atoms with E-state index >= 15 is 0 Å². The summed E-state index contributed by atoms with van der Waals surface area (Å²) in [5.41, 5.74) is 2.18. The first kappa shape index (κ1) is 21.0. The number of unbranched alkanes of at least 4 members (excludes halogenated alkanes) is 1. The molecule has 3 atom stereocenters. The van der Waals surface area contributed by atoms with Crippen molar-refractivity contribution in [3.05, 3.63) is 71.8 Å². The van der Waals surface area contributed by atoms with Crippen LogP contribution in [0.2, 0.25) is 0 Å². The van der Waals surface area contributed by atoms with Gasteiger partial charge in [0.05, 0.1) is 0 Å². The third-order valence-corrected chi connectivity index (χ3v) is 9.04. The van der Waals surface area contributed by atoms with Crippen LogP contribution in [0, 0.1) is 0 Å². The molecular weight excluding hydrogens is 465 g/mol. The summed E-state index contributed by atoms with van der Waals surface area (Å²) in [7, 11) is 4.00. The van der Waals surface area contributed by atoms with Crippen LogP contribution >= 0.6 is 21.6 Å². The SMILES string of the molecule is O=C(CCCCC1CCSS1)N1C(=[Se])O[C@H](c2ccccc2)[C@@H]1c1ccccc1. The summed E-state index contributed by atoms with van der Waals surface area (Å²) in [6.07, 6.45) is 4.92. The number of rotatable bonds is 7. The number of nitrogens with zero attached hydrogens (tertiary/aromatic N) is 1. The molecule has 0 aromatic heterocycles. The summed E-state index contributed by atoms with van der Waals surface area (Å²) in [5.74, 6) is 1.41. The topological polar surface area (TPSA) is 29.5 Å². The van der Waals surface area contributed by atoms with Gasteiger partial charge in [-0.15, -0.1) is 0 Å². The Kier molecular flexibility index (Phi) is 7.41. The molecule has 3 nitrogen and oxygen atoms in total. The normalized spacial score (nSPS) is 23.9. The van der Waals surface area contributed by atoms with E-state index in [0.717, 1.165) is 29.2 Å². The second-order valence-corrected chi connectivity index (χ2v) is 10.9. The molecule has 0 bridgehead atoms. The zero-order valence-corrected chi connectivity index (χ0v) is 19.6. The van der Waals surface area contributed by atoms with E-state index in [1.807, 2.05) is 62.9 Å². The van der Waals surface area contributed by atoms with E-state index < -0.39 is 0 Å². The third kappa shape index (κ3) is 5.11. The van der Waals surface area contributed by atoms with Gasteiger partial charge in [-0.3, -0.25) is 0 Å². The minimum atomic E-state index is -0.203. The monoisotopic (exact) mass is 491 g/mol. The van der Waals surface area contributed by atoms with Gasteiger partial charge in [0.1, 0.15) is 0 Å². The van der Waals surface area contributed by atoms with Gasteiger partial charge in [-0.1, -0.05) is 0 Å². The molecule has 0 aliphatic carbocycles. The van der Waals surface area contributed by atoms with Crippen LogP contribution < -0.4 is 0 Å². The Morgan fingerprint density at radius 3 is 2.38 bits per heavy atom. The van der Waals surface area contributed by atoms with Gasteiger partial charge in [-0.2, -0.15) is 0 Å². The Hall–Kier alpha value is -1.20. The van der Waals surface area contributed by atoms with E-state index in [2.05, 4.69) is 39.8 Å². The van der Waals surface area contributed by atoms with Crippen LogP contribution in [0.1, 0.15) is 55.4 Å². The van der Waals surface area contributed by atoms with Crippen molar-refractivity contribution in [2.24, 2.45) is 0 Å². The maximum atomic E-state index is 13.2. The molecule has 1 amide bonds. The van der Waals surface area contributed by atoms with Crippen molar-refractivity contribution in [3.63, 3.8) is 0 Å². The van der Waals surface area contributed by atoms with Crippen LogP contribution in [0.4, 0.5) is 0 Å².